The lowest BCUT2D eigenvalue weighted by atomic mass is 9.83. The number of hydrogen-bond acceptors (Lipinski definition) is 2. The Hall–Kier alpha value is -1.42. The van der Waals surface area contributed by atoms with E-state index in [4.69, 9.17) is 4.74 Å². The van der Waals surface area contributed by atoms with Crippen molar-refractivity contribution in [3.8, 4) is 5.75 Å². The molecule has 1 saturated heterocycles. The van der Waals surface area contributed by atoms with Crippen molar-refractivity contribution in [2.45, 2.75) is 37.8 Å². The van der Waals surface area contributed by atoms with E-state index in [1.165, 1.54) is 26.0 Å². The molecule has 2 bridgehead atoms. The minimum absolute atomic E-state index is 0.0232. The van der Waals surface area contributed by atoms with Gasteiger partial charge in [0.05, 0.1) is 7.11 Å². The Labute approximate surface area is 118 Å². The number of ether oxygens (including phenoxy) is 1. The van der Waals surface area contributed by atoms with E-state index in [9.17, 15) is 8.78 Å². The van der Waals surface area contributed by atoms with Crippen LogP contribution in [-0.4, -0.2) is 31.1 Å². The SMILES string of the molecule is COc1cc(C2=CC3CCCC(C2)N3C)cc(F)c1F. The van der Waals surface area contributed by atoms with Gasteiger partial charge in [-0.25, -0.2) is 4.39 Å². The van der Waals surface area contributed by atoms with Gasteiger partial charge in [-0.3, -0.25) is 4.90 Å². The largest absolute Gasteiger partial charge is 0.494 e. The van der Waals surface area contributed by atoms with Gasteiger partial charge in [-0.05, 0) is 49.6 Å². The van der Waals surface area contributed by atoms with E-state index in [0.29, 0.717) is 12.1 Å². The molecule has 1 aromatic rings. The number of hydrogen-bond donors (Lipinski definition) is 0. The molecule has 0 N–H and O–H groups in total. The maximum atomic E-state index is 13.7. The average molecular weight is 279 g/mol. The molecule has 0 aromatic heterocycles. The zero-order valence-corrected chi connectivity index (χ0v) is 11.8. The lowest BCUT2D eigenvalue weighted by Crippen LogP contribution is -2.45. The standard InChI is InChI=1S/C16H19F2NO/c1-19-12-4-3-5-13(19)7-10(6-12)11-8-14(17)16(18)15(9-11)20-2/h6,8-9,12-13H,3-5,7H2,1-2H3. The van der Waals surface area contributed by atoms with Crippen molar-refractivity contribution in [1.29, 1.82) is 0 Å². The van der Waals surface area contributed by atoms with Gasteiger partial charge in [0, 0.05) is 12.1 Å². The smallest absolute Gasteiger partial charge is 0.200 e. The molecular weight excluding hydrogens is 260 g/mol. The van der Waals surface area contributed by atoms with E-state index in [1.54, 1.807) is 6.07 Å². The molecule has 0 aliphatic carbocycles. The summed E-state index contributed by atoms with van der Waals surface area (Å²) >= 11 is 0. The van der Waals surface area contributed by atoms with Crippen LogP contribution in [0.2, 0.25) is 0 Å². The topological polar surface area (TPSA) is 12.5 Å². The molecule has 108 valence electrons. The van der Waals surface area contributed by atoms with Crippen molar-refractivity contribution in [1.82, 2.24) is 4.90 Å². The lowest BCUT2D eigenvalue weighted by molar-refractivity contribution is 0.137. The van der Waals surface area contributed by atoms with Gasteiger partial charge in [-0.15, -0.1) is 0 Å². The van der Waals surface area contributed by atoms with Crippen LogP contribution in [0.15, 0.2) is 18.2 Å². The van der Waals surface area contributed by atoms with Crippen LogP contribution >= 0.6 is 0 Å². The summed E-state index contributed by atoms with van der Waals surface area (Å²) in [5.74, 6) is -1.78. The van der Waals surface area contributed by atoms with E-state index in [0.717, 1.165) is 24.0 Å². The first-order valence-electron chi connectivity index (χ1n) is 7.06. The number of halogens is 2. The zero-order chi connectivity index (χ0) is 14.3. The van der Waals surface area contributed by atoms with Crippen LogP contribution in [0.1, 0.15) is 31.2 Å². The van der Waals surface area contributed by atoms with Crippen LogP contribution in [0.4, 0.5) is 8.78 Å². The van der Waals surface area contributed by atoms with Gasteiger partial charge in [0.2, 0.25) is 5.82 Å². The predicted molar refractivity (Wildman–Crippen MR) is 74.7 cm³/mol. The highest BCUT2D eigenvalue weighted by Gasteiger charge is 2.31. The van der Waals surface area contributed by atoms with E-state index in [1.807, 2.05) is 0 Å². The van der Waals surface area contributed by atoms with Gasteiger partial charge in [-0.2, -0.15) is 4.39 Å². The zero-order valence-electron chi connectivity index (χ0n) is 11.8. The molecule has 20 heavy (non-hydrogen) atoms. The third-order valence-corrected chi connectivity index (χ3v) is 4.57. The summed E-state index contributed by atoms with van der Waals surface area (Å²) in [6, 6.07) is 3.81. The fourth-order valence-electron chi connectivity index (χ4n) is 3.35. The third-order valence-electron chi connectivity index (χ3n) is 4.57. The van der Waals surface area contributed by atoms with Crippen LogP contribution < -0.4 is 4.74 Å². The van der Waals surface area contributed by atoms with Crippen molar-refractivity contribution in [3.63, 3.8) is 0 Å². The molecule has 0 radical (unpaired) electrons. The lowest BCUT2D eigenvalue weighted by Gasteiger charge is -2.42. The van der Waals surface area contributed by atoms with Gasteiger partial charge < -0.3 is 4.74 Å². The summed E-state index contributed by atoms with van der Waals surface area (Å²) in [7, 11) is 3.51. The van der Waals surface area contributed by atoms with Crippen LogP contribution in [-0.2, 0) is 0 Å². The third kappa shape index (κ3) is 2.22. The molecule has 2 aliphatic rings. The quantitative estimate of drug-likeness (QED) is 0.820. The molecule has 2 atom stereocenters. The number of piperidine rings is 1. The second kappa shape index (κ2) is 5.17. The first-order chi connectivity index (χ1) is 9.60. The summed E-state index contributed by atoms with van der Waals surface area (Å²) in [4.78, 5) is 2.39. The molecule has 0 saturated carbocycles. The first-order valence-corrected chi connectivity index (χ1v) is 7.06. The van der Waals surface area contributed by atoms with Crippen LogP contribution in [0.3, 0.4) is 0 Å². The Balaban J connectivity index is 1.99. The molecule has 0 amide bonds. The minimum Gasteiger partial charge on any atom is -0.494 e. The maximum Gasteiger partial charge on any atom is 0.200 e. The molecule has 0 spiro atoms. The van der Waals surface area contributed by atoms with Crippen molar-refractivity contribution in [2.24, 2.45) is 0 Å². The van der Waals surface area contributed by atoms with Crippen molar-refractivity contribution < 1.29 is 13.5 Å². The van der Waals surface area contributed by atoms with Crippen molar-refractivity contribution >= 4 is 5.57 Å². The van der Waals surface area contributed by atoms with E-state index < -0.39 is 11.6 Å². The molecule has 3 rings (SSSR count). The number of methoxy groups -OCH3 is 1. The molecule has 1 aromatic carbocycles. The molecular formula is C16H19F2NO. The van der Waals surface area contributed by atoms with E-state index >= 15 is 0 Å². The Kier molecular flexibility index (Phi) is 3.50. The first kappa shape index (κ1) is 13.6. The molecule has 2 aliphatic heterocycles. The molecule has 2 heterocycles. The fraction of sp³-hybridized carbons (Fsp3) is 0.500. The summed E-state index contributed by atoms with van der Waals surface area (Å²) in [6.07, 6.45) is 6.63. The second-order valence-corrected chi connectivity index (χ2v) is 5.69. The van der Waals surface area contributed by atoms with Crippen LogP contribution in [0.5, 0.6) is 5.75 Å². The van der Waals surface area contributed by atoms with Crippen LogP contribution in [0.25, 0.3) is 5.57 Å². The summed E-state index contributed by atoms with van der Waals surface area (Å²) in [5, 5.41) is 0. The summed E-state index contributed by atoms with van der Waals surface area (Å²) < 4.78 is 32.1. The van der Waals surface area contributed by atoms with Gasteiger partial charge >= 0.3 is 0 Å². The maximum absolute atomic E-state index is 13.7. The Morgan fingerprint density at radius 3 is 2.75 bits per heavy atom. The highest BCUT2D eigenvalue weighted by atomic mass is 19.2. The Morgan fingerprint density at radius 1 is 1.25 bits per heavy atom. The van der Waals surface area contributed by atoms with Gasteiger partial charge in [-0.1, -0.05) is 12.5 Å². The van der Waals surface area contributed by atoms with Crippen molar-refractivity contribution in [2.75, 3.05) is 14.2 Å². The number of benzene rings is 1. The van der Waals surface area contributed by atoms with Gasteiger partial charge in [0.1, 0.15) is 0 Å². The highest BCUT2D eigenvalue weighted by molar-refractivity contribution is 5.69. The predicted octanol–water partition coefficient (Wildman–Crippen LogP) is 3.61. The van der Waals surface area contributed by atoms with E-state index in [2.05, 4.69) is 18.0 Å². The normalized spacial score (nSPS) is 26.3. The fourth-order valence-corrected chi connectivity index (χ4v) is 3.35. The molecule has 1 fully saturated rings. The summed E-state index contributed by atoms with van der Waals surface area (Å²) in [5.41, 5.74) is 1.85. The van der Waals surface area contributed by atoms with Crippen LogP contribution in [0, 0.1) is 11.6 Å². The Bertz CT molecular complexity index is 556. The molecule has 2 nitrogen and oxygen atoms in total. The van der Waals surface area contributed by atoms with Gasteiger partial charge in [0.25, 0.3) is 0 Å². The minimum atomic E-state index is -0.912. The van der Waals surface area contributed by atoms with E-state index in [-0.39, 0.29) is 5.75 Å². The molecule has 4 heteroatoms. The highest BCUT2D eigenvalue weighted by Crippen LogP contribution is 2.37. The number of fused-ring (bicyclic) bond motifs is 2. The molecule has 2 unspecified atom stereocenters. The number of rotatable bonds is 2. The Morgan fingerprint density at radius 2 is 2.05 bits per heavy atom. The second-order valence-electron chi connectivity index (χ2n) is 5.69. The average Bonchev–Trinajstić information content (AvgIpc) is 2.41. The number of likely N-dealkylation sites (N-methyl/N-ethyl adjacent to an activating group) is 1. The van der Waals surface area contributed by atoms with Crippen molar-refractivity contribution in [3.05, 3.63) is 35.4 Å². The monoisotopic (exact) mass is 279 g/mol. The van der Waals surface area contributed by atoms with Gasteiger partial charge in [0.15, 0.2) is 11.6 Å². The number of nitrogens with zero attached hydrogens (tertiary/aromatic N) is 1. The summed E-state index contributed by atoms with van der Waals surface area (Å²) in [6.45, 7) is 0.